The first-order chi connectivity index (χ1) is 12.1. The average Bonchev–Trinajstić information content (AvgIpc) is 3.03. The van der Waals surface area contributed by atoms with E-state index >= 15 is 0 Å². The highest BCUT2D eigenvalue weighted by Gasteiger charge is 2.63. The van der Waals surface area contributed by atoms with Gasteiger partial charge in [0.1, 0.15) is 0 Å². The molecule has 0 N–H and O–H groups in total. The zero-order valence-corrected chi connectivity index (χ0v) is 13.9. The maximum atomic E-state index is 13.5. The van der Waals surface area contributed by atoms with Crippen molar-refractivity contribution in [2.24, 2.45) is 5.92 Å². The molecule has 1 spiro atoms. The Hall–Kier alpha value is -2.95. The van der Waals surface area contributed by atoms with Crippen LogP contribution >= 0.6 is 0 Å². The van der Waals surface area contributed by atoms with Gasteiger partial charge in [0.2, 0.25) is 12.3 Å². The molecule has 2 aliphatic heterocycles. The van der Waals surface area contributed by atoms with Crippen molar-refractivity contribution in [2.45, 2.75) is 25.4 Å². The van der Waals surface area contributed by atoms with E-state index in [1.54, 1.807) is 4.90 Å². The van der Waals surface area contributed by atoms with Gasteiger partial charge < -0.3 is 4.90 Å². The van der Waals surface area contributed by atoms with Gasteiger partial charge in [0, 0.05) is 17.9 Å². The second-order valence-electron chi connectivity index (χ2n) is 6.63. The molecule has 5 nitrogen and oxygen atoms in total. The summed E-state index contributed by atoms with van der Waals surface area (Å²) in [6.07, 6.45) is 0.699. The first-order valence-corrected chi connectivity index (χ1v) is 8.33. The van der Waals surface area contributed by atoms with Crippen molar-refractivity contribution < 1.29 is 14.4 Å². The molecule has 1 fully saturated rings. The van der Waals surface area contributed by atoms with Crippen LogP contribution in [0.15, 0.2) is 54.6 Å². The van der Waals surface area contributed by atoms with Gasteiger partial charge >= 0.3 is 0 Å². The smallest absolute Gasteiger partial charge is 0.258 e. The molecule has 3 amide bonds. The van der Waals surface area contributed by atoms with Crippen molar-refractivity contribution in [1.82, 2.24) is 4.90 Å². The summed E-state index contributed by atoms with van der Waals surface area (Å²) >= 11 is 0. The van der Waals surface area contributed by atoms with Crippen LogP contribution in [0.25, 0.3) is 0 Å². The van der Waals surface area contributed by atoms with Gasteiger partial charge in [-0.1, -0.05) is 55.5 Å². The number of anilines is 1. The van der Waals surface area contributed by atoms with Crippen LogP contribution in [0.5, 0.6) is 0 Å². The molecule has 2 aromatic carbocycles. The highest BCUT2D eigenvalue weighted by atomic mass is 16.2. The molecule has 25 heavy (non-hydrogen) atoms. The zero-order valence-electron chi connectivity index (χ0n) is 13.9. The lowest BCUT2D eigenvalue weighted by Crippen LogP contribution is -2.52. The third kappa shape index (κ3) is 1.98. The van der Waals surface area contributed by atoms with Crippen molar-refractivity contribution in [3.05, 3.63) is 65.7 Å². The summed E-state index contributed by atoms with van der Waals surface area (Å²) in [4.78, 5) is 40.3. The van der Waals surface area contributed by atoms with Gasteiger partial charge in [0.25, 0.3) is 5.91 Å². The number of amides is 3. The number of nitrogens with zero attached hydrogens (tertiary/aromatic N) is 2. The molecule has 0 bridgehead atoms. The first-order valence-electron chi connectivity index (χ1n) is 8.33. The minimum absolute atomic E-state index is 0.192. The minimum atomic E-state index is -1.22. The molecule has 2 aliphatic rings. The number of carbonyl (C=O) groups is 3. The van der Waals surface area contributed by atoms with Crippen molar-refractivity contribution in [3.8, 4) is 0 Å². The number of para-hydroxylation sites is 1. The molecule has 0 aliphatic carbocycles. The topological polar surface area (TPSA) is 57.7 Å². The van der Waals surface area contributed by atoms with Crippen LogP contribution < -0.4 is 4.90 Å². The second kappa shape index (κ2) is 5.55. The molecule has 2 aromatic rings. The number of fused-ring (bicyclic) bond motifs is 2. The van der Waals surface area contributed by atoms with E-state index in [0.717, 1.165) is 21.7 Å². The average molecular weight is 334 g/mol. The number of imide groups is 1. The quantitative estimate of drug-likeness (QED) is 0.810. The number of rotatable bonds is 3. The van der Waals surface area contributed by atoms with Gasteiger partial charge in [0.05, 0.1) is 12.2 Å². The molecular formula is C20H18N2O3. The molecule has 2 heterocycles. The Morgan fingerprint density at radius 2 is 1.76 bits per heavy atom. The van der Waals surface area contributed by atoms with E-state index in [2.05, 4.69) is 0 Å². The second-order valence-corrected chi connectivity index (χ2v) is 6.63. The monoisotopic (exact) mass is 334 g/mol. The van der Waals surface area contributed by atoms with Crippen molar-refractivity contribution >= 4 is 23.9 Å². The standard InChI is InChI=1S/C20H18N2O3/c1-14-11-18(24)22(13-23)20(14)16-9-5-6-10-17(16)21(19(20)25)12-15-7-3-2-4-8-15/h2-10,13-14H,11-12H2,1H3. The van der Waals surface area contributed by atoms with Crippen molar-refractivity contribution in [1.29, 1.82) is 0 Å². The molecule has 126 valence electrons. The summed E-state index contributed by atoms with van der Waals surface area (Å²) in [5.41, 5.74) is 1.29. The fourth-order valence-electron chi connectivity index (χ4n) is 4.18. The van der Waals surface area contributed by atoms with Gasteiger partial charge in [-0.3, -0.25) is 19.3 Å². The van der Waals surface area contributed by atoms with Crippen LogP contribution in [0, 0.1) is 5.92 Å². The lowest BCUT2D eigenvalue weighted by molar-refractivity contribution is -0.147. The summed E-state index contributed by atoms with van der Waals surface area (Å²) in [6, 6.07) is 17.1. The first kappa shape index (κ1) is 15.6. The highest BCUT2D eigenvalue weighted by molar-refractivity contribution is 6.13. The van der Waals surface area contributed by atoms with Gasteiger partial charge in [-0.2, -0.15) is 0 Å². The lowest BCUT2D eigenvalue weighted by Gasteiger charge is -2.33. The van der Waals surface area contributed by atoms with Crippen LogP contribution in [-0.4, -0.2) is 23.1 Å². The largest absolute Gasteiger partial charge is 0.305 e. The summed E-state index contributed by atoms with van der Waals surface area (Å²) in [7, 11) is 0. The van der Waals surface area contributed by atoms with E-state index in [1.165, 1.54) is 0 Å². The molecular weight excluding hydrogens is 316 g/mol. The predicted octanol–water partition coefficient (Wildman–Crippen LogP) is 2.45. The third-order valence-electron chi connectivity index (χ3n) is 5.31. The van der Waals surface area contributed by atoms with Gasteiger partial charge in [-0.15, -0.1) is 0 Å². The van der Waals surface area contributed by atoms with Crippen molar-refractivity contribution in [2.75, 3.05) is 4.90 Å². The SMILES string of the molecule is CC1CC(=O)N(C=O)C12C(=O)N(Cc1ccccc1)c1ccccc12. The Bertz CT molecular complexity index is 864. The van der Waals surface area contributed by atoms with E-state index in [9.17, 15) is 14.4 Å². The third-order valence-corrected chi connectivity index (χ3v) is 5.31. The van der Waals surface area contributed by atoms with E-state index < -0.39 is 5.54 Å². The lowest BCUT2D eigenvalue weighted by atomic mass is 9.81. The summed E-state index contributed by atoms with van der Waals surface area (Å²) in [5, 5.41) is 0. The Balaban J connectivity index is 1.87. The molecule has 4 rings (SSSR count). The fourth-order valence-corrected chi connectivity index (χ4v) is 4.18. The summed E-state index contributed by atoms with van der Waals surface area (Å²) in [6.45, 7) is 2.27. The van der Waals surface area contributed by atoms with Crippen LogP contribution in [0.3, 0.4) is 0 Å². The fraction of sp³-hybridized carbons (Fsp3) is 0.250. The molecule has 5 heteroatoms. The molecule has 0 saturated carbocycles. The normalized spacial score (nSPS) is 24.9. The van der Waals surface area contributed by atoms with E-state index in [0.29, 0.717) is 13.0 Å². The Morgan fingerprint density at radius 1 is 1.08 bits per heavy atom. The van der Waals surface area contributed by atoms with Gasteiger partial charge in [-0.05, 0) is 11.6 Å². The van der Waals surface area contributed by atoms with Gasteiger partial charge in [-0.25, -0.2) is 0 Å². The zero-order chi connectivity index (χ0) is 17.6. The minimum Gasteiger partial charge on any atom is -0.305 e. The van der Waals surface area contributed by atoms with E-state index in [1.807, 2.05) is 61.5 Å². The highest BCUT2D eigenvalue weighted by Crippen LogP contribution is 2.52. The van der Waals surface area contributed by atoms with Crippen LogP contribution in [0.2, 0.25) is 0 Å². The van der Waals surface area contributed by atoms with Crippen molar-refractivity contribution in [3.63, 3.8) is 0 Å². The van der Waals surface area contributed by atoms with Crippen LogP contribution in [-0.2, 0) is 26.5 Å². The van der Waals surface area contributed by atoms with Crippen LogP contribution in [0.1, 0.15) is 24.5 Å². The molecule has 2 atom stereocenters. The van der Waals surface area contributed by atoms with E-state index in [4.69, 9.17) is 0 Å². The van der Waals surface area contributed by atoms with E-state index in [-0.39, 0.29) is 24.2 Å². The number of carbonyl (C=O) groups excluding carboxylic acids is 3. The summed E-state index contributed by atoms with van der Waals surface area (Å²) in [5.74, 6) is -0.769. The Morgan fingerprint density at radius 3 is 2.48 bits per heavy atom. The molecule has 0 radical (unpaired) electrons. The number of hydrogen-bond donors (Lipinski definition) is 0. The number of likely N-dealkylation sites (tertiary alicyclic amines) is 1. The van der Waals surface area contributed by atoms with Gasteiger partial charge in [0.15, 0.2) is 5.54 Å². The Kier molecular flexibility index (Phi) is 3.46. The molecule has 1 saturated heterocycles. The Labute approximate surface area is 145 Å². The molecule has 0 aromatic heterocycles. The van der Waals surface area contributed by atoms with Crippen LogP contribution in [0.4, 0.5) is 5.69 Å². The number of benzene rings is 2. The molecule has 2 unspecified atom stereocenters. The maximum Gasteiger partial charge on any atom is 0.258 e. The predicted molar refractivity (Wildman–Crippen MR) is 92.4 cm³/mol. The number of hydrogen-bond acceptors (Lipinski definition) is 3. The summed E-state index contributed by atoms with van der Waals surface area (Å²) < 4.78 is 0. The maximum absolute atomic E-state index is 13.5.